The van der Waals surface area contributed by atoms with E-state index in [9.17, 15) is 9.90 Å². The Morgan fingerprint density at radius 1 is 1.00 bits per heavy atom. The minimum atomic E-state index is -0.416. The molecule has 0 radical (unpaired) electrons. The summed E-state index contributed by atoms with van der Waals surface area (Å²) in [6.07, 6.45) is 0. The van der Waals surface area contributed by atoms with Gasteiger partial charge in [0.15, 0.2) is 0 Å². The zero-order chi connectivity index (χ0) is 21.5. The summed E-state index contributed by atoms with van der Waals surface area (Å²) >= 11 is 6.06. The van der Waals surface area contributed by atoms with E-state index < -0.39 is 6.04 Å². The summed E-state index contributed by atoms with van der Waals surface area (Å²) in [6, 6.07) is 21.2. The van der Waals surface area contributed by atoms with Crippen LogP contribution in [0.4, 0.5) is 5.69 Å². The number of rotatable bonds is 4. The Morgan fingerprint density at radius 2 is 1.68 bits per heavy atom. The number of nitrogens with zero attached hydrogens (tertiary/aromatic N) is 2. The van der Waals surface area contributed by atoms with Crippen LogP contribution in [0.25, 0.3) is 11.3 Å². The van der Waals surface area contributed by atoms with Gasteiger partial charge in [-0.1, -0.05) is 35.9 Å². The first-order valence-electron chi connectivity index (χ1n) is 9.67. The lowest BCUT2D eigenvalue weighted by Gasteiger charge is -2.26. The largest absolute Gasteiger partial charge is 0.508 e. The topological polar surface area (TPSA) is 78.5 Å². The number of H-pyrrole nitrogens is 1. The van der Waals surface area contributed by atoms with E-state index in [0.717, 1.165) is 22.4 Å². The molecule has 1 aliphatic rings. The fourth-order valence-corrected chi connectivity index (χ4v) is 4.08. The van der Waals surface area contributed by atoms with Gasteiger partial charge in [-0.3, -0.25) is 14.8 Å². The second-order valence-corrected chi connectivity index (χ2v) is 7.67. The lowest BCUT2D eigenvalue weighted by molar-refractivity contribution is 0.0988. The predicted octanol–water partition coefficient (Wildman–Crippen LogP) is 5.19. The van der Waals surface area contributed by atoms with Crippen LogP contribution in [0.2, 0.25) is 5.02 Å². The molecule has 0 saturated heterocycles. The summed E-state index contributed by atoms with van der Waals surface area (Å²) < 4.78 is 5.26. The normalized spacial score (nSPS) is 15.2. The first-order chi connectivity index (χ1) is 15.1. The number of nitrogens with one attached hydrogen (secondary N) is 1. The molecule has 0 saturated carbocycles. The smallest absolute Gasteiger partial charge is 0.277 e. The van der Waals surface area contributed by atoms with Gasteiger partial charge in [0.25, 0.3) is 5.91 Å². The number of methoxy groups -OCH3 is 1. The number of anilines is 1. The molecule has 0 fully saturated rings. The number of phenols is 1. The van der Waals surface area contributed by atoms with Crippen molar-refractivity contribution in [1.29, 1.82) is 0 Å². The van der Waals surface area contributed by atoms with Gasteiger partial charge in [-0.15, -0.1) is 0 Å². The monoisotopic (exact) mass is 431 g/mol. The van der Waals surface area contributed by atoms with Gasteiger partial charge < -0.3 is 9.84 Å². The van der Waals surface area contributed by atoms with Crippen molar-refractivity contribution in [3.63, 3.8) is 0 Å². The number of fused-ring (bicyclic) bond motifs is 1. The van der Waals surface area contributed by atoms with Crippen LogP contribution in [0.15, 0.2) is 72.8 Å². The third kappa shape index (κ3) is 3.21. The van der Waals surface area contributed by atoms with E-state index in [2.05, 4.69) is 10.2 Å². The van der Waals surface area contributed by atoms with Crippen molar-refractivity contribution in [2.24, 2.45) is 0 Å². The molecule has 5 rings (SSSR count). The Hall–Kier alpha value is -3.77. The number of aromatic amines is 1. The SMILES string of the molecule is COc1ccc(N2C(=O)c3[nH]nc(-c4ccc(Cl)cc4)c3C2c2ccc(O)cc2)cc1. The summed E-state index contributed by atoms with van der Waals surface area (Å²) in [7, 11) is 1.60. The van der Waals surface area contributed by atoms with Gasteiger partial charge >= 0.3 is 0 Å². The summed E-state index contributed by atoms with van der Waals surface area (Å²) in [4.78, 5) is 15.2. The Morgan fingerprint density at radius 3 is 2.32 bits per heavy atom. The van der Waals surface area contributed by atoms with Crippen molar-refractivity contribution in [3.05, 3.63) is 94.6 Å². The van der Waals surface area contributed by atoms with Crippen molar-refractivity contribution in [2.45, 2.75) is 6.04 Å². The van der Waals surface area contributed by atoms with Gasteiger partial charge in [0.2, 0.25) is 0 Å². The zero-order valence-corrected chi connectivity index (χ0v) is 17.3. The van der Waals surface area contributed by atoms with Crippen molar-refractivity contribution >= 4 is 23.2 Å². The first kappa shape index (κ1) is 19.2. The highest BCUT2D eigenvalue weighted by Gasteiger charge is 2.43. The number of benzene rings is 3. The van der Waals surface area contributed by atoms with E-state index in [1.807, 2.05) is 48.5 Å². The van der Waals surface area contributed by atoms with Crippen LogP contribution in [0.1, 0.15) is 27.7 Å². The van der Waals surface area contributed by atoms with Crippen molar-refractivity contribution in [3.8, 4) is 22.8 Å². The highest BCUT2D eigenvalue weighted by atomic mass is 35.5. The maximum atomic E-state index is 13.5. The van der Waals surface area contributed by atoms with E-state index in [-0.39, 0.29) is 11.7 Å². The molecule has 1 amide bonds. The van der Waals surface area contributed by atoms with Gasteiger partial charge in [0, 0.05) is 21.8 Å². The minimum absolute atomic E-state index is 0.161. The van der Waals surface area contributed by atoms with Crippen molar-refractivity contribution in [2.75, 3.05) is 12.0 Å². The number of ether oxygens (including phenoxy) is 1. The fourth-order valence-electron chi connectivity index (χ4n) is 3.96. The number of aromatic nitrogens is 2. The molecule has 0 bridgehead atoms. The molecule has 154 valence electrons. The molecule has 1 aliphatic heterocycles. The van der Waals surface area contributed by atoms with E-state index in [1.54, 1.807) is 36.3 Å². The number of halogens is 1. The molecule has 4 aromatic rings. The maximum absolute atomic E-state index is 13.5. The van der Waals surface area contributed by atoms with Crippen molar-refractivity contribution < 1.29 is 14.6 Å². The van der Waals surface area contributed by atoms with E-state index >= 15 is 0 Å². The fraction of sp³-hybridized carbons (Fsp3) is 0.0833. The maximum Gasteiger partial charge on any atom is 0.277 e. The Kier molecular flexibility index (Phi) is 4.64. The summed E-state index contributed by atoms with van der Waals surface area (Å²) in [5.74, 6) is 0.694. The third-order valence-electron chi connectivity index (χ3n) is 5.45. The van der Waals surface area contributed by atoms with Crippen LogP contribution in [0.5, 0.6) is 11.5 Å². The molecular weight excluding hydrogens is 414 g/mol. The second-order valence-electron chi connectivity index (χ2n) is 7.24. The molecule has 31 heavy (non-hydrogen) atoms. The van der Waals surface area contributed by atoms with E-state index in [4.69, 9.17) is 16.3 Å². The number of amides is 1. The van der Waals surface area contributed by atoms with Gasteiger partial charge in [0.1, 0.15) is 17.2 Å². The molecule has 3 aromatic carbocycles. The highest BCUT2D eigenvalue weighted by Crippen LogP contribution is 2.45. The summed E-state index contributed by atoms with van der Waals surface area (Å²) in [5, 5.41) is 17.8. The number of hydrogen-bond donors (Lipinski definition) is 2. The second kappa shape index (κ2) is 7.49. The average molecular weight is 432 g/mol. The Bertz CT molecular complexity index is 1250. The van der Waals surface area contributed by atoms with Crippen LogP contribution in [0, 0.1) is 0 Å². The van der Waals surface area contributed by atoms with Crippen molar-refractivity contribution in [1.82, 2.24) is 10.2 Å². The summed E-state index contributed by atoms with van der Waals surface area (Å²) in [6.45, 7) is 0. The molecular formula is C24H18ClN3O3. The molecule has 6 nitrogen and oxygen atoms in total. The standard InChI is InChI=1S/C24H18ClN3O3/c1-31-19-12-8-17(9-13-19)28-23(15-4-10-18(29)11-5-15)20-21(26-27-22(20)24(28)30)14-2-6-16(25)7-3-14/h2-13,23,29H,1H3,(H,26,27). The third-order valence-corrected chi connectivity index (χ3v) is 5.70. The van der Waals surface area contributed by atoms with Crippen LogP contribution < -0.4 is 9.64 Å². The lowest BCUT2D eigenvalue weighted by Crippen LogP contribution is -2.29. The highest BCUT2D eigenvalue weighted by molar-refractivity contribution is 6.30. The molecule has 1 unspecified atom stereocenters. The average Bonchev–Trinajstić information content (AvgIpc) is 3.34. The van der Waals surface area contributed by atoms with Gasteiger partial charge in [-0.2, -0.15) is 5.10 Å². The quantitative estimate of drug-likeness (QED) is 0.466. The molecule has 2 heterocycles. The zero-order valence-electron chi connectivity index (χ0n) is 16.5. The Balaban J connectivity index is 1.69. The molecule has 1 atom stereocenters. The number of hydrogen-bond acceptors (Lipinski definition) is 4. The molecule has 0 aliphatic carbocycles. The number of carbonyl (C=O) groups is 1. The minimum Gasteiger partial charge on any atom is -0.508 e. The van der Waals surface area contributed by atoms with Gasteiger partial charge in [-0.25, -0.2) is 0 Å². The molecule has 1 aromatic heterocycles. The summed E-state index contributed by atoms with van der Waals surface area (Å²) in [5.41, 5.74) is 4.37. The van der Waals surface area contributed by atoms with Crippen LogP contribution >= 0.6 is 11.6 Å². The van der Waals surface area contributed by atoms with Crippen LogP contribution in [-0.4, -0.2) is 28.3 Å². The van der Waals surface area contributed by atoms with Gasteiger partial charge in [0.05, 0.1) is 18.8 Å². The predicted molar refractivity (Wildman–Crippen MR) is 119 cm³/mol. The molecule has 0 spiro atoms. The van der Waals surface area contributed by atoms with Gasteiger partial charge in [-0.05, 0) is 54.1 Å². The first-order valence-corrected chi connectivity index (χ1v) is 10.1. The lowest BCUT2D eigenvalue weighted by atomic mass is 9.96. The Labute approximate surface area is 183 Å². The number of aromatic hydroxyl groups is 1. The molecule has 2 N–H and O–H groups in total. The van der Waals surface area contributed by atoms with Crippen LogP contribution in [0.3, 0.4) is 0 Å². The number of phenolic OH excluding ortho intramolecular Hbond substituents is 1. The van der Waals surface area contributed by atoms with E-state index in [1.165, 1.54) is 0 Å². The molecule has 7 heteroatoms. The number of carbonyl (C=O) groups excluding carboxylic acids is 1. The van der Waals surface area contributed by atoms with E-state index in [0.29, 0.717) is 22.2 Å². The van der Waals surface area contributed by atoms with Crippen LogP contribution in [-0.2, 0) is 0 Å².